The van der Waals surface area contributed by atoms with E-state index in [4.69, 9.17) is 0 Å². The third-order valence-electron chi connectivity index (χ3n) is 4.49. The molecule has 1 aliphatic rings. The van der Waals surface area contributed by atoms with E-state index in [1.54, 1.807) is 0 Å². The van der Waals surface area contributed by atoms with Gasteiger partial charge in [-0.2, -0.15) is 0 Å². The van der Waals surface area contributed by atoms with Crippen molar-refractivity contribution in [1.29, 1.82) is 0 Å². The number of rotatable bonds is 6. The van der Waals surface area contributed by atoms with Gasteiger partial charge in [0.05, 0.1) is 0 Å². The van der Waals surface area contributed by atoms with Gasteiger partial charge in [0.2, 0.25) is 5.91 Å². The van der Waals surface area contributed by atoms with Gasteiger partial charge in [-0.3, -0.25) is 4.79 Å². The number of likely N-dealkylation sites (tertiary alicyclic amines) is 1. The van der Waals surface area contributed by atoms with Crippen molar-refractivity contribution < 1.29 is 4.79 Å². The molecule has 20 heavy (non-hydrogen) atoms. The number of amides is 1. The van der Waals surface area contributed by atoms with Crippen LogP contribution in [0, 0.1) is 11.3 Å². The predicted molar refractivity (Wildman–Crippen MR) is 85.8 cm³/mol. The quantitative estimate of drug-likeness (QED) is 0.697. The van der Waals surface area contributed by atoms with Crippen molar-refractivity contribution in [1.82, 2.24) is 9.80 Å². The molecular formula is C17H34N2O. The van der Waals surface area contributed by atoms with Gasteiger partial charge < -0.3 is 9.80 Å². The monoisotopic (exact) mass is 282 g/mol. The standard InChI is InChI=1S/C17H34N2O/c1-6-18(5)12-8-7-9-15-10-13-19(14-11-15)16(20)17(2,3)4/h15H,6-14H2,1-5H3. The third kappa shape index (κ3) is 5.82. The summed E-state index contributed by atoms with van der Waals surface area (Å²) in [5.41, 5.74) is -0.225. The highest BCUT2D eigenvalue weighted by Crippen LogP contribution is 2.26. The number of nitrogens with zero attached hydrogens (tertiary/aromatic N) is 2. The van der Waals surface area contributed by atoms with E-state index in [-0.39, 0.29) is 5.41 Å². The molecule has 1 saturated heterocycles. The van der Waals surface area contributed by atoms with Gasteiger partial charge in [-0.25, -0.2) is 0 Å². The second-order valence-electron chi connectivity index (χ2n) is 7.38. The molecule has 1 amide bonds. The molecule has 1 aliphatic heterocycles. The van der Waals surface area contributed by atoms with Crippen molar-refractivity contribution in [2.45, 2.75) is 59.8 Å². The van der Waals surface area contributed by atoms with Crippen molar-refractivity contribution in [3.63, 3.8) is 0 Å². The fourth-order valence-electron chi connectivity index (χ4n) is 2.87. The summed E-state index contributed by atoms with van der Waals surface area (Å²) in [6.07, 6.45) is 6.39. The minimum atomic E-state index is -0.225. The van der Waals surface area contributed by atoms with Gasteiger partial charge in [0, 0.05) is 18.5 Å². The first-order valence-corrected chi connectivity index (χ1v) is 8.32. The molecular weight excluding hydrogens is 248 g/mol. The zero-order chi connectivity index (χ0) is 15.2. The van der Waals surface area contributed by atoms with Crippen LogP contribution in [-0.2, 0) is 4.79 Å². The molecule has 1 fully saturated rings. The molecule has 0 saturated carbocycles. The van der Waals surface area contributed by atoms with Gasteiger partial charge in [-0.05, 0) is 45.3 Å². The van der Waals surface area contributed by atoms with Crippen molar-refractivity contribution in [3.05, 3.63) is 0 Å². The van der Waals surface area contributed by atoms with Crippen molar-refractivity contribution >= 4 is 5.91 Å². The van der Waals surface area contributed by atoms with Crippen LogP contribution in [0.1, 0.15) is 59.8 Å². The van der Waals surface area contributed by atoms with Crippen LogP contribution in [0.25, 0.3) is 0 Å². The molecule has 0 aliphatic carbocycles. The smallest absolute Gasteiger partial charge is 0.227 e. The largest absolute Gasteiger partial charge is 0.342 e. The number of carbonyl (C=O) groups is 1. The van der Waals surface area contributed by atoms with E-state index < -0.39 is 0 Å². The average Bonchev–Trinajstić information content (AvgIpc) is 2.42. The fourth-order valence-corrected chi connectivity index (χ4v) is 2.87. The molecule has 0 N–H and O–H groups in total. The Balaban J connectivity index is 2.18. The molecule has 0 aromatic heterocycles. The topological polar surface area (TPSA) is 23.6 Å². The maximum absolute atomic E-state index is 12.2. The molecule has 0 atom stereocenters. The normalized spacial score (nSPS) is 17.8. The molecule has 0 aromatic carbocycles. The maximum Gasteiger partial charge on any atom is 0.227 e. The lowest BCUT2D eigenvalue weighted by Gasteiger charge is -2.35. The molecule has 1 heterocycles. The summed E-state index contributed by atoms with van der Waals surface area (Å²) in [7, 11) is 2.19. The summed E-state index contributed by atoms with van der Waals surface area (Å²) in [5.74, 6) is 1.16. The van der Waals surface area contributed by atoms with Gasteiger partial charge in [-0.1, -0.05) is 40.5 Å². The Kier molecular flexibility index (Phi) is 7.01. The van der Waals surface area contributed by atoms with Crippen molar-refractivity contribution in [2.24, 2.45) is 11.3 Å². The van der Waals surface area contributed by atoms with Crippen LogP contribution >= 0.6 is 0 Å². The SMILES string of the molecule is CCN(C)CCCCC1CCN(C(=O)C(C)(C)C)CC1. The van der Waals surface area contributed by atoms with E-state index in [9.17, 15) is 4.79 Å². The molecule has 118 valence electrons. The van der Waals surface area contributed by atoms with Crippen LogP contribution in [0.4, 0.5) is 0 Å². The van der Waals surface area contributed by atoms with Crippen LogP contribution < -0.4 is 0 Å². The highest BCUT2D eigenvalue weighted by atomic mass is 16.2. The van der Waals surface area contributed by atoms with Crippen LogP contribution in [0.3, 0.4) is 0 Å². The lowest BCUT2D eigenvalue weighted by Crippen LogP contribution is -2.44. The van der Waals surface area contributed by atoms with E-state index in [0.717, 1.165) is 25.6 Å². The predicted octanol–water partition coefficient (Wildman–Crippen LogP) is 3.39. The Labute approximate surface area is 125 Å². The minimum Gasteiger partial charge on any atom is -0.342 e. The number of unbranched alkanes of at least 4 members (excludes halogenated alkanes) is 1. The van der Waals surface area contributed by atoms with E-state index in [1.807, 2.05) is 20.8 Å². The van der Waals surface area contributed by atoms with E-state index in [0.29, 0.717) is 5.91 Å². The van der Waals surface area contributed by atoms with Gasteiger partial charge in [-0.15, -0.1) is 0 Å². The molecule has 3 heteroatoms. The lowest BCUT2D eigenvalue weighted by atomic mass is 9.89. The molecule has 0 spiro atoms. The number of hydrogen-bond donors (Lipinski definition) is 0. The fraction of sp³-hybridized carbons (Fsp3) is 0.941. The molecule has 0 radical (unpaired) electrons. The Morgan fingerprint density at radius 3 is 2.30 bits per heavy atom. The minimum absolute atomic E-state index is 0.225. The first-order valence-electron chi connectivity index (χ1n) is 8.32. The zero-order valence-electron chi connectivity index (χ0n) is 14.2. The van der Waals surface area contributed by atoms with Gasteiger partial charge in [0.25, 0.3) is 0 Å². The summed E-state index contributed by atoms with van der Waals surface area (Å²) in [4.78, 5) is 16.7. The summed E-state index contributed by atoms with van der Waals surface area (Å²) < 4.78 is 0. The number of piperidine rings is 1. The Morgan fingerprint density at radius 1 is 1.20 bits per heavy atom. The lowest BCUT2D eigenvalue weighted by molar-refractivity contribution is -0.140. The first kappa shape index (κ1) is 17.5. The van der Waals surface area contributed by atoms with Gasteiger partial charge in [0.1, 0.15) is 0 Å². The summed E-state index contributed by atoms with van der Waals surface area (Å²) in [6, 6.07) is 0. The highest BCUT2D eigenvalue weighted by Gasteiger charge is 2.29. The van der Waals surface area contributed by atoms with Crippen molar-refractivity contribution in [2.75, 3.05) is 33.2 Å². The maximum atomic E-state index is 12.2. The number of carbonyl (C=O) groups excluding carboxylic acids is 1. The van der Waals surface area contributed by atoms with Gasteiger partial charge >= 0.3 is 0 Å². The van der Waals surface area contributed by atoms with E-state index in [1.165, 1.54) is 38.6 Å². The van der Waals surface area contributed by atoms with Crippen LogP contribution in [0.2, 0.25) is 0 Å². The van der Waals surface area contributed by atoms with Gasteiger partial charge in [0.15, 0.2) is 0 Å². The second-order valence-corrected chi connectivity index (χ2v) is 7.38. The molecule has 0 aromatic rings. The van der Waals surface area contributed by atoms with Crippen molar-refractivity contribution in [3.8, 4) is 0 Å². The average molecular weight is 282 g/mol. The first-order chi connectivity index (χ1) is 9.34. The zero-order valence-corrected chi connectivity index (χ0v) is 14.2. The molecule has 0 unspecified atom stereocenters. The summed E-state index contributed by atoms with van der Waals surface area (Å²) in [6.45, 7) is 12.6. The highest BCUT2D eigenvalue weighted by molar-refractivity contribution is 5.81. The Bertz CT molecular complexity index is 288. The summed E-state index contributed by atoms with van der Waals surface area (Å²) >= 11 is 0. The van der Waals surface area contributed by atoms with E-state index in [2.05, 4.69) is 23.8 Å². The van der Waals surface area contributed by atoms with E-state index >= 15 is 0 Å². The Morgan fingerprint density at radius 2 is 1.80 bits per heavy atom. The third-order valence-corrected chi connectivity index (χ3v) is 4.49. The second kappa shape index (κ2) is 8.02. The number of hydrogen-bond acceptors (Lipinski definition) is 2. The molecule has 1 rings (SSSR count). The van der Waals surface area contributed by atoms with Crippen LogP contribution in [0.5, 0.6) is 0 Å². The molecule has 3 nitrogen and oxygen atoms in total. The van der Waals surface area contributed by atoms with Crippen LogP contribution in [-0.4, -0.2) is 48.9 Å². The Hall–Kier alpha value is -0.570. The van der Waals surface area contributed by atoms with Crippen LogP contribution in [0.15, 0.2) is 0 Å². The molecule has 0 bridgehead atoms. The summed E-state index contributed by atoms with van der Waals surface area (Å²) in [5, 5.41) is 0.